The predicted octanol–water partition coefficient (Wildman–Crippen LogP) is 2.10. The summed E-state index contributed by atoms with van der Waals surface area (Å²) in [5.41, 5.74) is 0.170. The Morgan fingerprint density at radius 2 is 2.15 bits per heavy atom. The zero-order valence-corrected chi connectivity index (χ0v) is 13.7. The first-order valence-corrected chi connectivity index (χ1v) is 7.55. The van der Waals surface area contributed by atoms with Gasteiger partial charge in [-0.2, -0.15) is 0 Å². The Morgan fingerprint density at radius 1 is 1.35 bits per heavy atom. The number of carbonyl (C=O) groups excluding carboxylic acids is 1. The lowest BCUT2D eigenvalue weighted by molar-refractivity contribution is -0.384. The van der Waals surface area contributed by atoms with Crippen molar-refractivity contribution in [3.63, 3.8) is 0 Å². The molecule has 0 saturated heterocycles. The van der Waals surface area contributed by atoms with Crippen molar-refractivity contribution in [2.24, 2.45) is 0 Å². The van der Waals surface area contributed by atoms with Gasteiger partial charge in [0, 0.05) is 18.0 Å². The Bertz CT molecular complexity index is 1030. The van der Waals surface area contributed by atoms with Crippen LogP contribution < -0.4 is 11.1 Å². The van der Waals surface area contributed by atoms with E-state index in [0.29, 0.717) is 5.69 Å². The van der Waals surface area contributed by atoms with Crippen LogP contribution in [0.1, 0.15) is 0 Å². The fourth-order valence-electron chi connectivity index (χ4n) is 2.16. The molecule has 0 unspecified atom stereocenters. The van der Waals surface area contributed by atoms with Gasteiger partial charge in [-0.05, 0) is 24.3 Å². The highest BCUT2D eigenvalue weighted by atomic mass is 35.5. The molecule has 10 nitrogen and oxygen atoms in total. The van der Waals surface area contributed by atoms with Gasteiger partial charge in [0.1, 0.15) is 17.3 Å². The summed E-state index contributed by atoms with van der Waals surface area (Å²) in [6.07, 6.45) is 1.51. The van der Waals surface area contributed by atoms with E-state index in [9.17, 15) is 19.7 Å². The Hall–Kier alpha value is -3.53. The van der Waals surface area contributed by atoms with Gasteiger partial charge in [-0.25, -0.2) is 9.36 Å². The van der Waals surface area contributed by atoms with E-state index in [1.807, 2.05) is 0 Å². The molecule has 3 rings (SSSR count). The van der Waals surface area contributed by atoms with Gasteiger partial charge >= 0.3 is 5.76 Å². The maximum atomic E-state index is 12.2. The van der Waals surface area contributed by atoms with Crippen molar-refractivity contribution in [3.8, 4) is 11.5 Å². The van der Waals surface area contributed by atoms with Gasteiger partial charge in [0.15, 0.2) is 0 Å². The Morgan fingerprint density at radius 3 is 2.85 bits per heavy atom. The van der Waals surface area contributed by atoms with Crippen LogP contribution >= 0.6 is 11.6 Å². The van der Waals surface area contributed by atoms with Crippen molar-refractivity contribution in [2.75, 3.05) is 5.32 Å². The van der Waals surface area contributed by atoms with Crippen LogP contribution in [0.25, 0.3) is 11.5 Å². The minimum Gasteiger partial charge on any atom is -0.324 e. The van der Waals surface area contributed by atoms with Gasteiger partial charge in [0.05, 0.1) is 4.92 Å². The van der Waals surface area contributed by atoms with Gasteiger partial charge < -0.3 is 5.32 Å². The second-order valence-corrected chi connectivity index (χ2v) is 5.45. The van der Waals surface area contributed by atoms with Crippen molar-refractivity contribution in [3.05, 3.63) is 68.3 Å². The molecular weight excluding hydrogens is 366 g/mol. The number of hydrogen-bond acceptors (Lipinski definition) is 7. The number of nitro benzene ring substituents is 1. The van der Waals surface area contributed by atoms with E-state index in [-0.39, 0.29) is 22.2 Å². The lowest BCUT2D eigenvalue weighted by atomic mass is 10.2. The average molecular weight is 376 g/mol. The third-order valence-electron chi connectivity index (χ3n) is 3.31. The molecule has 26 heavy (non-hydrogen) atoms. The first-order chi connectivity index (χ1) is 12.5. The summed E-state index contributed by atoms with van der Waals surface area (Å²) >= 11 is 5.72. The molecule has 132 valence electrons. The molecule has 0 atom stereocenters. The standard InChI is InChI=1S/C15H10ClN5O5/c16-10-5-4-9(7-12(10)21(24)25)18-13(22)8-20-14(19-26-15(20)23)11-3-1-2-6-17-11/h1-7H,8H2,(H,18,22). The number of halogens is 1. The molecule has 0 spiro atoms. The van der Waals surface area contributed by atoms with Gasteiger partial charge in [-0.15, -0.1) is 0 Å². The highest BCUT2D eigenvalue weighted by molar-refractivity contribution is 6.32. The third kappa shape index (κ3) is 3.59. The normalized spacial score (nSPS) is 10.5. The zero-order chi connectivity index (χ0) is 18.7. The van der Waals surface area contributed by atoms with E-state index in [1.165, 1.54) is 18.3 Å². The monoisotopic (exact) mass is 375 g/mol. The molecule has 0 aliphatic rings. The summed E-state index contributed by atoms with van der Waals surface area (Å²) in [6.45, 7) is -0.412. The summed E-state index contributed by atoms with van der Waals surface area (Å²) < 4.78 is 5.60. The Kier molecular flexibility index (Phi) is 4.76. The van der Waals surface area contributed by atoms with Crippen LogP contribution in [0.2, 0.25) is 5.02 Å². The molecule has 1 aromatic carbocycles. The van der Waals surface area contributed by atoms with Crippen molar-refractivity contribution in [1.82, 2.24) is 14.7 Å². The molecule has 0 aliphatic heterocycles. The Labute approximate surface area is 150 Å². The van der Waals surface area contributed by atoms with E-state index in [0.717, 1.165) is 10.6 Å². The van der Waals surface area contributed by atoms with Crippen LogP contribution in [-0.2, 0) is 11.3 Å². The van der Waals surface area contributed by atoms with Crippen LogP contribution in [0.4, 0.5) is 11.4 Å². The molecule has 0 fully saturated rings. The van der Waals surface area contributed by atoms with E-state index in [2.05, 4.69) is 20.0 Å². The second kappa shape index (κ2) is 7.15. The van der Waals surface area contributed by atoms with Crippen molar-refractivity contribution < 1.29 is 14.2 Å². The fourth-order valence-corrected chi connectivity index (χ4v) is 2.35. The van der Waals surface area contributed by atoms with E-state index < -0.39 is 23.1 Å². The number of nitrogens with one attached hydrogen (secondary N) is 1. The smallest absolute Gasteiger partial charge is 0.324 e. The van der Waals surface area contributed by atoms with Crippen LogP contribution in [0, 0.1) is 10.1 Å². The number of anilines is 1. The maximum absolute atomic E-state index is 12.2. The molecule has 0 bridgehead atoms. The van der Waals surface area contributed by atoms with E-state index >= 15 is 0 Å². The second-order valence-electron chi connectivity index (χ2n) is 5.04. The number of nitro groups is 1. The number of aromatic nitrogens is 3. The van der Waals surface area contributed by atoms with Crippen LogP contribution in [0.5, 0.6) is 0 Å². The highest BCUT2D eigenvalue weighted by Crippen LogP contribution is 2.27. The largest absolute Gasteiger partial charge is 0.442 e. The summed E-state index contributed by atoms with van der Waals surface area (Å²) in [5.74, 6) is -1.35. The number of rotatable bonds is 5. The number of carbonyl (C=O) groups is 1. The molecule has 3 aromatic rings. The molecule has 11 heteroatoms. The van der Waals surface area contributed by atoms with Crippen molar-refractivity contribution >= 4 is 28.9 Å². The van der Waals surface area contributed by atoms with Crippen LogP contribution in [0.15, 0.2) is 51.9 Å². The number of amides is 1. The lowest BCUT2D eigenvalue weighted by Gasteiger charge is -2.07. The molecule has 1 amide bonds. The molecule has 1 N–H and O–H groups in total. The summed E-state index contributed by atoms with van der Waals surface area (Å²) in [5, 5.41) is 16.9. The molecule has 0 saturated carbocycles. The maximum Gasteiger partial charge on any atom is 0.442 e. The molecule has 2 aromatic heterocycles. The summed E-state index contributed by atoms with van der Waals surface area (Å²) in [7, 11) is 0. The predicted molar refractivity (Wildman–Crippen MR) is 90.7 cm³/mol. The Balaban J connectivity index is 1.82. The first-order valence-electron chi connectivity index (χ1n) is 7.17. The van der Waals surface area contributed by atoms with Crippen LogP contribution in [-0.4, -0.2) is 25.5 Å². The van der Waals surface area contributed by atoms with E-state index in [1.54, 1.807) is 18.2 Å². The number of hydrogen-bond donors (Lipinski definition) is 1. The van der Waals surface area contributed by atoms with Gasteiger partial charge in [-0.1, -0.05) is 22.8 Å². The zero-order valence-electron chi connectivity index (χ0n) is 13.0. The van der Waals surface area contributed by atoms with Gasteiger partial charge in [-0.3, -0.25) is 24.4 Å². The molecule has 0 aliphatic carbocycles. The minimum absolute atomic E-state index is 0.0549. The molecule has 2 heterocycles. The SMILES string of the molecule is O=C(Cn1c(-c2ccccn2)noc1=O)Nc1ccc(Cl)c([N+](=O)[O-])c1. The quantitative estimate of drug-likeness (QED) is 0.533. The third-order valence-corrected chi connectivity index (χ3v) is 3.63. The van der Waals surface area contributed by atoms with Crippen LogP contribution in [0.3, 0.4) is 0 Å². The fraction of sp³-hybridized carbons (Fsp3) is 0.0667. The number of pyridine rings is 1. The number of benzene rings is 1. The minimum atomic E-state index is -0.831. The first kappa shape index (κ1) is 17.3. The van der Waals surface area contributed by atoms with Crippen molar-refractivity contribution in [2.45, 2.75) is 6.54 Å². The molecule has 0 radical (unpaired) electrons. The average Bonchev–Trinajstić information content (AvgIpc) is 2.98. The summed E-state index contributed by atoms with van der Waals surface area (Å²) in [6, 6.07) is 8.80. The van der Waals surface area contributed by atoms with Gasteiger partial charge in [0.2, 0.25) is 11.7 Å². The number of nitrogens with zero attached hydrogens (tertiary/aromatic N) is 4. The van der Waals surface area contributed by atoms with E-state index in [4.69, 9.17) is 11.6 Å². The highest BCUT2D eigenvalue weighted by Gasteiger charge is 2.18. The summed E-state index contributed by atoms with van der Waals surface area (Å²) in [4.78, 5) is 38.3. The topological polar surface area (TPSA) is 133 Å². The van der Waals surface area contributed by atoms with Crippen molar-refractivity contribution in [1.29, 1.82) is 0 Å². The molecular formula is C15H10ClN5O5. The lowest BCUT2D eigenvalue weighted by Crippen LogP contribution is -2.25. The van der Waals surface area contributed by atoms with Gasteiger partial charge in [0.25, 0.3) is 5.69 Å².